The standard InChI is InChI=1S/C12H18N2O/c1-4-6-7-8-12(15)11-9-10(5-2)13-14(11)3/h1,9,12,15H,5-8H2,2-3H3. The van der Waals surface area contributed by atoms with Gasteiger partial charge in [0.2, 0.25) is 0 Å². The van der Waals surface area contributed by atoms with Gasteiger partial charge in [-0.1, -0.05) is 6.92 Å². The zero-order chi connectivity index (χ0) is 11.3. The molecule has 15 heavy (non-hydrogen) atoms. The van der Waals surface area contributed by atoms with Crippen LogP contribution >= 0.6 is 0 Å². The summed E-state index contributed by atoms with van der Waals surface area (Å²) in [5.74, 6) is 2.57. The van der Waals surface area contributed by atoms with Gasteiger partial charge in [0.15, 0.2) is 0 Å². The number of terminal acetylenes is 1. The van der Waals surface area contributed by atoms with Gasteiger partial charge < -0.3 is 5.11 Å². The molecule has 1 heterocycles. The molecule has 1 N–H and O–H groups in total. The van der Waals surface area contributed by atoms with Crippen LogP contribution < -0.4 is 0 Å². The largest absolute Gasteiger partial charge is 0.387 e. The fourth-order valence-electron chi connectivity index (χ4n) is 1.57. The Morgan fingerprint density at radius 3 is 2.93 bits per heavy atom. The quantitative estimate of drug-likeness (QED) is 0.589. The summed E-state index contributed by atoms with van der Waals surface area (Å²) in [6, 6.07) is 1.96. The maximum absolute atomic E-state index is 9.91. The molecule has 0 amide bonds. The summed E-state index contributed by atoms with van der Waals surface area (Å²) in [5, 5.41) is 14.2. The Bertz CT molecular complexity index is 349. The fourth-order valence-corrected chi connectivity index (χ4v) is 1.57. The first-order chi connectivity index (χ1) is 7.19. The van der Waals surface area contributed by atoms with E-state index in [4.69, 9.17) is 6.42 Å². The molecule has 3 nitrogen and oxygen atoms in total. The summed E-state index contributed by atoms with van der Waals surface area (Å²) in [6.07, 6.45) is 7.88. The average Bonchev–Trinajstić information content (AvgIpc) is 2.60. The van der Waals surface area contributed by atoms with Crippen molar-refractivity contribution in [3.8, 4) is 12.3 Å². The van der Waals surface area contributed by atoms with Crippen molar-refractivity contribution < 1.29 is 5.11 Å². The fraction of sp³-hybridized carbons (Fsp3) is 0.583. The number of rotatable bonds is 5. The van der Waals surface area contributed by atoms with E-state index < -0.39 is 6.10 Å². The highest BCUT2D eigenvalue weighted by atomic mass is 16.3. The first kappa shape index (κ1) is 11.8. The van der Waals surface area contributed by atoms with E-state index in [0.29, 0.717) is 6.42 Å². The molecule has 0 bridgehead atoms. The molecule has 1 rings (SSSR count). The summed E-state index contributed by atoms with van der Waals surface area (Å²) in [6.45, 7) is 2.05. The molecule has 0 radical (unpaired) electrons. The van der Waals surface area contributed by atoms with Crippen LogP contribution in [0.2, 0.25) is 0 Å². The number of aliphatic hydroxyl groups excluding tert-OH is 1. The SMILES string of the molecule is C#CCCCC(O)c1cc(CC)nn1C. The van der Waals surface area contributed by atoms with E-state index in [1.165, 1.54) is 0 Å². The van der Waals surface area contributed by atoms with Gasteiger partial charge in [-0.15, -0.1) is 12.3 Å². The first-order valence-electron chi connectivity index (χ1n) is 5.33. The molecule has 0 aliphatic carbocycles. The number of nitrogens with zero attached hydrogens (tertiary/aromatic N) is 2. The van der Waals surface area contributed by atoms with Gasteiger partial charge in [0.25, 0.3) is 0 Å². The van der Waals surface area contributed by atoms with Crippen LogP contribution in [0.1, 0.15) is 43.7 Å². The topological polar surface area (TPSA) is 38.1 Å². The number of hydrogen-bond acceptors (Lipinski definition) is 2. The molecule has 0 aliphatic heterocycles. The Hall–Kier alpha value is -1.27. The molecular weight excluding hydrogens is 188 g/mol. The second-order valence-electron chi connectivity index (χ2n) is 3.65. The van der Waals surface area contributed by atoms with Gasteiger partial charge in [0, 0.05) is 13.5 Å². The maximum Gasteiger partial charge on any atom is 0.0957 e. The van der Waals surface area contributed by atoms with Gasteiger partial charge >= 0.3 is 0 Å². The highest BCUT2D eigenvalue weighted by molar-refractivity contribution is 5.12. The van der Waals surface area contributed by atoms with Gasteiger partial charge in [-0.05, 0) is 25.3 Å². The van der Waals surface area contributed by atoms with Crippen LogP contribution in [0.3, 0.4) is 0 Å². The first-order valence-corrected chi connectivity index (χ1v) is 5.33. The molecular formula is C12H18N2O. The molecule has 0 aliphatic rings. The van der Waals surface area contributed by atoms with E-state index >= 15 is 0 Å². The van der Waals surface area contributed by atoms with Crippen molar-refractivity contribution in [1.29, 1.82) is 0 Å². The molecule has 82 valence electrons. The molecule has 1 aromatic rings. The van der Waals surface area contributed by atoms with Crippen molar-refractivity contribution in [1.82, 2.24) is 9.78 Å². The zero-order valence-electron chi connectivity index (χ0n) is 9.40. The summed E-state index contributed by atoms with van der Waals surface area (Å²) < 4.78 is 1.75. The predicted molar refractivity (Wildman–Crippen MR) is 60.2 cm³/mol. The molecule has 3 heteroatoms. The monoisotopic (exact) mass is 206 g/mol. The second-order valence-corrected chi connectivity index (χ2v) is 3.65. The Morgan fingerprint density at radius 1 is 1.67 bits per heavy atom. The van der Waals surface area contributed by atoms with Crippen LogP contribution in [-0.4, -0.2) is 14.9 Å². The predicted octanol–water partition coefficient (Wildman–Crippen LogP) is 1.82. The normalized spacial score (nSPS) is 12.4. The van der Waals surface area contributed by atoms with Crippen molar-refractivity contribution in [2.45, 2.75) is 38.7 Å². The molecule has 0 saturated heterocycles. The van der Waals surface area contributed by atoms with Crippen molar-refractivity contribution in [3.63, 3.8) is 0 Å². The zero-order valence-corrected chi connectivity index (χ0v) is 9.40. The molecule has 1 aromatic heterocycles. The summed E-state index contributed by atoms with van der Waals surface area (Å²) in [5.41, 5.74) is 1.90. The lowest BCUT2D eigenvalue weighted by molar-refractivity contribution is 0.155. The third kappa shape index (κ3) is 3.10. The Morgan fingerprint density at radius 2 is 2.40 bits per heavy atom. The van der Waals surface area contributed by atoms with E-state index in [1.807, 2.05) is 13.1 Å². The van der Waals surface area contributed by atoms with Crippen molar-refractivity contribution >= 4 is 0 Å². The smallest absolute Gasteiger partial charge is 0.0957 e. The van der Waals surface area contributed by atoms with Crippen LogP contribution in [0.5, 0.6) is 0 Å². The van der Waals surface area contributed by atoms with E-state index in [2.05, 4.69) is 17.9 Å². The summed E-state index contributed by atoms with van der Waals surface area (Å²) in [4.78, 5) is 0. The lowest BCUT2D eigenvalue weighted by Gasteiger charge is -2.09. The van der Waals surface area contributed by atoms with Crippen LogP contribution in [0.15, 0.2) is 6.07 Å². The molecule has 0 aromatic carbocycles. The van der Waals surface area contributed by atoms with E-state index in [9.17, 15) is 5.11 Å². The molecule has 0 saturated carbocycles. The minimum absolute atomic E-state index is 0.448. The van der Waals surface area contributed by atoms with Crippen LogP contribution in [0.4, 0.5) is 0 Å². The summed E-state index contributed by atoms with van der Waals surface area (Å²) in [7, 11) is 1.86. The lowest BCUT2D eigenvalue weighted by atomic mass is 10.1. The van der Waals surface area contributed by atoms with Crippen molar-refractivity contribution in [2.75, 3.05) is 0 Å². The van der Waals surface area contributed by atoms with Crippen molar-refractivity contribution in [3.05, 3.63) is 17.5 Å². The number of aromatic nitrogens is 2. The van der Waals surface area contributed by atoms with Crippen LogP contribution in [0.25, 0.3) is 0 Å². The molecule has 1 atom stereocenters. The van der Waals surface area contributed by atoms with Gasteiger partial charge in [-0.3, -0.25) is 4.68 Å². The van der Waals surface area contributed by atoms with Crippen LogP contribution in [-0.2, 0) is 13.5 Å². The lowest BCUT2D eigenvalue weighted by Crippen LogP contribution is -2.05. The highest BCUT2D eigenvalue weighted by Crippen LogP contribution is 2.19. The number of hydrogen-bond donors (Lipinski definition) is 1. The number of aliphatic hydroxyl groups is 1. The minimum atomic E-state index is -0.448. The number of unbranched alkanes of at least 4 members (excludes halogenated alkanes) is 1. The van der Waals surface area contributed by atoms with Gasteiger partial charge in [-0.25, -0.2) is 0 Å². The third-order valence-electron chi connectivity index (χ3n) is 2.47. The van der Waals surface area contributed by atoms with E-state index in [-0.39, 0.29) is 0 Å². The Kier molecular flexibility index (Phi) is 4.38. The van der Waals surface area contributed by atoms with Crippen LogP contribution in [0, 0.1) is 12.3 Å². The maximum atomic E-state index is 9.91. The molecule has 0 spiro atoms. The molecule has 1 unspecified atom stereocenters. The van der Waals surface area contributed by atoms with Gasteiger partial charge in [0.05, 0.1) is 17.5 Å². The summed E-state index contributed by atoms with van der Waals surface area (Å²) >= 11 is 0. The third-order valence-corrected chi connectivity index (χ3v) is 2.47. The number of aryl methyl sites for hydroxylation is 2. The second kappa shape index (κ2) is 5.57. The van der Waals surface area contributed by atoms with E-state index in [0.717, 1.165) is 30.7 Å². The average molecular weight is 206 g/mol. The Balaban J connectivity index is 2.61. The van der Waals surface area contributed by atoms with Gasteiger partial charge in [-0.2, -0.15) is 5.10 Å². The van der Waals surface area contributed by atoms with Crippen molar-refractivity contribution in [2.24, 2.45) is 7.05 Å². The van der Waals surface area contributed by atoms with Gasteiger partial charge in [0.1, 0.15) is 0 Å². The minimum Gasteiger partial charge on any atom is -0.387 e. The molecule has 0 fully saturated rings. The van der Waals surface area contributed by atoms with E-state index in [1.54, 1.807) is 4.68 Å². The highest BCUT2D eigenvalue weighted by Gasteiger charge is 2.12. The Labute approximate surface area is 91.1 Å².